The summed E-state index contributed by atoms with van der Waals surface area (Å²) in [6.45, 7) is 1.65. The summed E-state index contributed by atoms with van der Waals surface area (Å²) in [6.07, 6.45) is 1.36. The zero-order valence-corrected chi connectivity index (χ0v) is 10.5. The highest BCUT2D eigenvalue weighted by Gasteiger charge is 2.05. The van der Waals surface area contributed by atoms with Crippen LogP contribution in [-0.4, -0.2) is 15.5 Å². The second-order valence-electron chi connectivity index (χ2n) is 4.17. The molecule has 0 aliphatic rings. The van der Waals surface area contributed by atoms with Crippen LogP contribution in [0.4, 0.5) is 11.4 Å². The maximum Gasteiger partial charge on any atom is 0.253 e. The average Bonchev–Trinajstić information content (AvgIpc) is 2.36. The van der Waals surface area contributed by atoms with E-state index in [0.717, 1.165) is 0 Å². The van der Waals surface area contributed by atoms with Crippen molar-refractivity contribution < 1.29 is 4.79 Å². The Labute approximate surface area is 109 Å². The van der Waals surface area contributed by atoms with E-state index >= 15 is 0 Å². The zero-order valence-electron chi connectivity index (χ0n) is 10.5. The number of aromatic nitrogens is 2. The molecule has 0 radical (unpaired) electrons. The van der Waals surface area contributed by atoms with E-state index in [1.54, 1.807) is 31.2 Å². The lowest BCUT2D eigenvalue weighted by Crippen LogP contribution is -2.27. The number of aryl methyl sites for hydroxylation is 1. The number of carbonyl (C=O) groups excluding carboxylic acids is 1. The highest BCUT2D eigenvalue weighted by atomic mass is 16.2. The van der Waals surface area contributed by atoms with E-state index in [-0.39, 0.29) is 18.0 Å². The van der Waals surface area contributed by atoms with Crippen LogP contribution in [0.3, 0.4) is 0 Å². The van der Waals surface area contributed by atoms with Crippen molar-refractivity contribution in [2.75, 3.05) is 11.1 Å². The van der Waals surface area contributed by atoms with Crippen LogP contribution in [0, 0.1) is 6.92 Å². The van der Waals surface area contributed by atoms with E-state index < -0.39 is 0 Å². The largest absolute Gasteiger partial charge is 0.399 e. The Bertz CT molecular complexity index is 646. The summed E-state index contributed by atoms with van der Waals surface area (Å²) in [4.78, 5) is 27.4. The fourth-order valence-corrected chi connectivity index (χ4v) is 1.56. The van der Waals surface area contributed by atoms with Crippen molar-refractivity contribution in [2.45, 2.75) is 13.5 Å². The van der Waals surface area contributed by atoms with Gasteiger partial charge in [-0.2, -0.15) is 0 Å². The van der Waals surface area contributed by atoms with Crippen LogP contribution >= 0.6 is 0 Å². The Morgan fingerprint density at radius 1 is 1.37 bits per heavy atom. The molecule has 0 aliphatic carbocycles. The van der Waals surface area contributed by atoms with Gasteiger partial charge in [-0.15, -0.1) is 0 Å². The first-order chi connectivity index (χ1) is 9.04. The molecule has 6 nitrogen and oxygen atoms in total. The van der Waals surface area contributed by atoms with Gasteiger partial charge in [0.05, 0.1) is 6.33 Å². The lowest BCUT2D eigenvalue weighted by molar-refractivity contribution is -0.116. The number of hydrogen-bond acceptors (Lipinski definition) is 4. The van der Waals surface area contributed by atoms with E-state index in [1.165, 1.54) is 17.0 Å². The molecule has 0 aliphatic heterocycles. The summed E-state index contributed by atoms with van der Waals surface area (Å²) >= 11 is 0. The molecular formula is C13H14N4O2. The molecule has 2 rings (SSSR count). The van der Waals surface area contributed by atoms with Crippen LogP contribution < -0.4 is 16.6 Å². The summed E-state index contributed by atoms with van der Waals surface area (Å²) in [5.41, 5.74) is 7.18. The van der Waals surface area contributed by atoms with Crippen LogP contribution in [0.1, 0.15) is 5.69 Å². The molecule has 0 fully saturated rings. The molecule has 1 aromatic heterocycles. The van der Waals surface area contributed by atoms with Gasteiger partial charge in [0.15, 0.2) is 0 Å². The molecule has 0 unspecified atom stereocenters. The first-order valence-corrected chi connectivity index (χ1v) is 5.73. The number of carbonyl (C=O) groups is 1. The van der Waals surface area contributed by atoms with Crippen LogP contribution in [-0.2, 0) is 11.3 Å². The fourth-order valence-electron chi connectivity index (χ4n) is 1.56. The van der Waals surface area contributed by atoms with Crippen molar-refractivity contribution in [3.8, 4) is 0 Å². The Hall–Kier alpha value is -2.63. The van der Waals surface area contributed by atoms with Crippen LogP contribution in [0.5, 0.6) is 0 Å². The molecule has 0 saturated heterocycles. The number of nitrogens with zero attached hydrogens (tertiary/aromatic N) is 2. The SMILES string of the molecule is Cc1cc(=O)n(CC(=O)Nc2ccc(N)cc2)cn1. The zero-order chi connectivity index (χ0) is 13.8. The van der Waals surface area contributed by atoms with Crippen LogP contribution in [0.15, 0.2) is 41.5 Å². The van der Waals surface area contributed by atoms with Crippen molar-refractivity contribution in [1.29, 1.82) is 0 Å². The number of rotatable bonds is 3. The summed E-state index contributed by atoms with van der Waals surface area (Å²) in [5.74, 6) is -0.294. The minimum absolute atomic E-state index is 0.0729. The molecule has 1 amide bonds. The maximum absolute atomic E-state index is 11.8. The number of amides is 1. The Morgan fingerprint density at radius 2 is 2.05 bits per heavy atom. The molecule has 6 heteroatoms. The van der Waals surface area contributed by atoms with Gasteiger partial charge in [0.2, 0.25) is 5.91 Å². The molecular weight excluding hydrogens is 244 g/mol. The molecule has 0 bridgehead atoms. The summed E-state index contributed by atoms with van der Waals surface area (Å²) in [7, 11) is 0. The first-order valence-electron chi connectivity index (χ1n) is 5.73. The van der Waals surface area contributed by atoms with E-state index in [1.807, 2.05) is 0 Å². The maximum atomic E-state index is 11.8. The predicted octanol–water partition coefficient (Wildman–Crippen LogP) is 0.773. The molecule has 0 spiro atoms. The van der Waals surface area contributed by atoms with Crippen molar-refractivity contribution >= 4 is 17.3 Å². The van der Waals surface area contributed by atoms with Crippen LogP contribution in [0.25, 0.3) is 0 Å². The summed E-state index contributed by atoms with van der Waals surface area (Å²) in [6, 6.07) is 8.16. The van der Waals surface area contributed by atoms with Gasteiger partial charge in [0.25, 0.3) is 5.56 Å². The van der Waals surface area contributed by atoms with Gasteiger partial charge in [-0.3, -0.25) is 14.2 Å². The van der Waals surface area contributed by atoms with Gasteiger partial charge in [-0.25, -0.2) is 4.98 Å². The second kappa shape index (κ2) is 5.34. The van der Waals surface area contributed by atoms with Gasteiger partial charge < -0.3 is 11.1 Å². The molecule has 1 aromatic carbocycles. The number of anilines is 2. The van der Waals surface area contributed by atoms with Crippen molar-refractivity contribution in [3.63, 3.8) is 0 Å². The lowest BCUT2D eigenvalue weighted by atomic mass is 10.3. The number of nitrogens with two attached hydrogens (primary N) is 1. The molecule has 0 atom stereocenters. The standard InChI is InChI=1S/C13H14N4O2/c1-9-6-13(19)17(8-15-9)7-12(18)16-11-4-2-10(14)3-5-11/h2-6,8H,7,14H2,1H3,(H,16,18). The third-order valence-corrected chi connectivity index (χ3v) is 2.52. The normalized spacial score (nSPS) is 10.2. The quantitative estimate of drug-likeness (QED) is 0.796. The number of nitrogen functional groups attached to an aromatic ring is 1. The number of nitrogens with one attached hydrogen (secondary N) is 1. The highest BCUT2D eigenvalue weighted by Crippen LogP contribution is 2.10. The summed E-state index contributed by atoms with van der Waals surface area (Å²) < 4.78 is 1.25. The van der Waals surface area contributed by atoms with E-state index in [4.69, 9.17) is 5.73 Å². The van der Waals surface area contributed by atoms with E-state index in [9.17, 15) is 9.59 Å². The van der Waals surface area contributed by atoms with Gasteiger partial charge in [-0.1, -0.05) is 0 Å². The first kappa shape index (κ1) is 12.8. The molecule has 98 valence electrons. The molecule has 19 heavy (non-hydrogen) atoms. The fraction of sp³-hybridized carbons (Fsp3) is 0.154. The van der Waals surface area contributed by atoms with Crippen molar-refractivity contribution in [1.82, 2.24) is 9.55 Å². The van der Waals surface area contributed by atoms with Gasteiger partial charge in [0.1, 0.15) is 6.54 Å². The Morgan fingerprint density at radius 3 is 2.68 bits per heavy atom. The van der Waals surface area contributed by atoms with Crippen LogP contribution in [0.2, 0.25) is 0 Å². The van der Waals surface area contributed by atoms with Gasteiger partial charge in [-0.05, 0) is 31.2 Å². The Kier molecular flexibility index (Phi) is 3.61. The predicted molar refractivity (Wildman–Crippen MR) is 72.7 cm³/mol. The third kappa shape index (κ3) is 3.41. The number of benzene rings is 1. The molecule has 3 N–H and O–H groups in total. The monoisotopic (exact) mass is 258 g/mol. The Balaban J connectivity index is 2.05. The smallest absolute Gasteiger partial charge is 0.253 e. The number of hydrogen-bond donors (Lipinski definition) is 2. The second-order valence-corrected chi connectivity index (χ2v) is 4.17. The minimum atomic E-state index is -0.294. The molecule has 0 saturated carbocycles. The molecule has 2 aromatic rings. The molecule has 1 heterocycles. The topological polar surface area (TPSA) is 90.0 Å². The van der Waals surface area contributed by atoms with E-state index in [0.29, 0.717) is 17.1 Å². The van der Waals surface area contributed by atoms with Crippen molar-refractivity contribution in [2.24, 2.45) is 0 Å². The lowest BCUT2D eigenvalue weighted by Gasteiger charge is -2.07. The average molecular weight is 258 g/mol. The minimum Gasteiger partial charge on any atom is -0.399 e. The summed E-state index contributed by atoms with van der Waals surface area (Å²) in [5, 5.41) is 2.68. The van der Waals surface area contributed by atoms with Crippen molar-refractivity contribution in [3.05, 3.63) is 52.7 Å². The van der Waals surface area contributed by atoms with Gasteiger partial charge >= 0.3 is 0 Å². The van der Waals surface area contributed by atoms with E-state index in [2.05, 4.69) is 10.3 Å². The third-order valence-electron chi connectivity index (χ3n) is 2.52. The highest BCUT2D eigenvalue weighted by molar-refractivity contribution is 5.90. The van der Waals surface area contributed by atoms with Gasteiger partial charge in [0, 0.05) is 23.1 Å².